The van der Waals surface area contributed by atoms with Crippen LogP contribution in [0.5, 0.6) is 0 Å². The van der Waals surface area contributed by atoms with Crippen LogP contribution < -0.4 is 0 Å². The predicted molar refractivity (Wildman–Crippen MR) is 79.0 cm³/mol. The van der Waals surface area contributed by atoms with Gasteiger partial charge in [-0.1, -0.05) is 53.7 Å². The number of allylic oxidation sites excluding steroid dienone is 5. The third-order valence-corrected chi connectivity index (χ3v) is 3.60. The molecule has 2 rings (SSSR count). The maximum Gasteiger partial charge on any atom is 0.0412 e. The van der Waals surface area contributed by atoms with Gasteiger partial charge < -0.3 is 4.90 Å². The summed E-state index contributed by atoms with van der Waals surface area (Å²) in [4.78, 5) is 2.34. The van der Waals surface area contributed by atoms with Crippen LogP contribution in [-0.2, 0) is 0 Å². The molecule has 0 bridgehead atoms. The lowest BCUT2D eigenvalue weighted by atomic mass is 9.82. The Bertz CT molecular complexity index is 447. The zero-order valence-electron chi connectivity index (χ0n) is 12.5. The van der Waals surface area contributed by atoms with E-state index in [1.54, 1.807) is 0 Å². The highest BCUT2D eigenvalue weighted by Gasteiger charge is 2.24. The summed E-state index contributed by atoms with van der Waals surface area (Å²) in [6.45, 7) is 14.6. The second-order valence-electron chi connectivity index (χ2n) is 7.30. The van der Waals surface area contributed by atoms with E-state index in [-0.39, 0.29) is 10.8 Å². The number of hydrogen-bond donors (Lipinski definition) is 0. The number of hydrogen-bond acceptors (Lipinski definition) is 1. The standard InChI is InChI=1S/C17H25N/c1-16(2,3)13-9-10-18-12-14(17(4,5)6)7-8-15(18)11-13/h7-9,11-12H,10H2,1-6H3. The lowest BCUT2D eigenvalue weighted by Crippen LogP contribution is -2.26. The molecule has 1 heteroatoms. The minimum absolute atomic E-state index is 0.218. The molecule has 98 valence electrons. The van der Waals surface area contributed by atoms with Crippen LogP contribution in [0.3, 0.4) is 0 Å². The van der Waals surface area contributed by atoms with Crippen molar-refractivity contribution in [2.75, 3.05) is 6.54 Å². The molecule has 18 heavy (non-hydrogen) atoms. The summed E-state index contributed by atoms with van der Waals surface area (Å²) in [5.74, 6) is 0. The van der Waals surface area contributed by atoms with Crippen LogP contribution in [0.2, 0.25) is 0 Å². The third-order valence-electron chi connectivity index (χ3n) is 3.60. The molecule has 0 N–H and O–H groups in total. The Balaban J connectivity index is 2.26. The van der Waals surface area contributed by atoms with Crippen LogP contribution in [0.15, 0.2) is 47.3 Å². The molecular weight excluding hydrogens is 218 g/mol. The first kappa shape index (κ1) is 13.2. The Morgan fingerprint density at radius 2 is 1.50 bits per heavy atom. The van der Waals surface area contributed by atoms with Crippen LogP contribution in [0.1, 0.15) is 41.5 Å². The average Bonchev–Trinajstić information content (AvgIpc) is 2.25. The van der Waals surface area contributed by atoms with Crippen LogP contribution in [-0.4, -0.2) is 11.4 Å². The van der Waals surface area contributed by atoms with Gasteiger partial charge in [-0.15, -0.1) is 0 Å². The van der Waals surface area contributed by atoms with Crippen molar-refractivity contribution in [1.29, 1.82) is 0 Å². The number of rotatable bonds is 0. The topological polar surface area (TPSA) is 3.24 Å². The quantitative estimate of drug-likeness (QED) is 0.598. The summed E-state index contributed by atoms with van der Waals surface area (Å²) >= 11 is 0. The van der Waals surface area contributed by atoms with Crippen molar-refractivity contribution < 1.29 is 0 Å². The predicted octanol–water partition coefficient (Wildman–Crippen LogP) is 4.66. The molecule has 0 radical (unpaired) electrons. The van der Waals surface area contributed by atoms with Crippen molar-refractivity contribution in [2.24, 2.45) is 10.8 Å². The van der Waals surface area contributed by atoms with Gasteiger partial charge in [0.1, 0.15) is 0 Å². The van der Waals surface area contributed by atoms with E-state index in [0.29, 0.717) is 0 Å². The normalized spacial score (nSPS) is 20.1. The maximum absolute atomic E-state index is 2.35. The van der Waals surface area contributed by atoms with Gasteiger partial charge in [-0.3, -0.25) is 0 Å². The Morgan fingerprint density at radius 3 is 2.06 bits per heavy atom. The zero-order valence-corrected chi connectivity index (χ0v) is 12.5. The minimum Gasteiger partial charge on any atom is -0.344 e. The summed E-state index contributed by atoms with van der Waals surface area (Å²) in [5.41, 5.74) is 4.60. The summed E-state index contributed by atoms with van der Waals surface area (Å²) in [7, 11) is 0. The van der Waals surface area contributed by atoms with E-state index in [4.69, 9.17) is 0 Å². The average molecular weight is 243 g/mol. The molecular formula is C17H25N. The fraction of sp³-hybridized carbons (Fsp3) is 0.529. The Kier molecular flexibility index (Phi) is 3.04. The van der Waals surface area contributed by atoms with E-state index in [2.05, 4.69) is 76.9 Å². The van der Waals surface area contributed by atoms with E-state index in [1.807, 2.05) is 0 Å². The van der Waals surface area contributed by atoms with Gasteiger partial charge in [0.2, 0.25) is 0 Å². The molecule has 0 aromatic heterocycles. The first-order chi connectivity index (χ1) is 8.18. The largest absolute Gasteiger partial charge is 0.344 e. The highest BCUT2D eigenvalue weighted by Crippen LogP contribution is 2.35. The Morgan fingerprint density at radius 1 is 0.889 bits per heavy atom. The van der Waals surface area contributed by atoms with Crippen molar-refractivity contribution in [2.45, 2.75) is 41.5 Å². The molecule has 0 aliphatic carbocycles. The van der Waals surface area contributed by atoms with Crippen molar-refractivity contribution in [3.63, 3.8) is 0 Å². The van der Waals surface area contributed by atoms with E-state index >= 15 is 0 Å². The molecule has 0 aromatic rings. The smallest absolute Gasteiger partial charge is 0.0412 e. The van der Waals surface area contributed by atoms with Crippen molar-refractivity contribution >= 4 is 0 Å². The molecule has 0 spiro atoms. The Labute approximate surface area is 112 Å². The van der Waals surface area contributed by atoms with E-state index < -0.39 is 0 Å². The lowest BCUT2D eigenvalue weighted by Gasteiger charge is -2.34. The third kappa shape index (κ3) is 2.60. The van der Waals surface area contributed by atoms with Crippen molar-refractivity contribution in [3.05, 3.63) is 47.3 Å². The molecule has 0 amide bonds. The Hall–Kier alpha value is -1.24. The molecule has 2 heterocycles. The summed E-state index contributed by atoms with van der Waals surface area (Å²) in [5, 5.41) is 0. The van der Waals surface area contributed by atoms with Gasteiger partial charge in [0, 0.05) is 18.4 Å². The van der Waals surface area contributed by atoms with Crippen LogP contribution in [0, 0.1) is 10.8 Å². The minimum atomic E-state index is 0.218. The molecule has 2 aliphatic heterocycles. The highest BCUT2D eigenvalue weighted by atomic mass is 15.1. The maximum atomic E-state index is 2.35. The van der Waals surface area contributed by atoms with Gasteiger partial charge in [-0.05, 0) is 34.1 Å². The lowest BCUT2D eigenvalue weighted by molar-refractivity contribution is 0.447. The van der Waals surface area contributed by atoms with Gasteiger partial charge in [0.25, 0.3) is 0 Å². The molecule has 0 aromatic carbocycles. The van der Waals surface area contributed by atoms with Crippen molar-refractivity contribution in [1.82, 2.24) is 4.90 Å². The van der Waals surface area contributed by atoms with Gasteiger partial charge in [-0.2, -0.15) is 0 Å². The van der Waals surface area contributed by atoms with E-state index in [1.165, 1.54) is 16.8 Å². The molecule has 0 saturated carbocycles. The molecule has 1 nitrogen and oxygen atoms in total. The van der Waals surface area contributed by atoms with Gasteiger partial charge in [0.15, 0.2) is 0 Å². The van der Waals surface area contributed by atoms with Crippen molar-refractivity contribution in [3.8, 4) is 0 Å². The molecule has 0 atom stereocenters. The number of fused-ring (bicyclic) bond motifs is 1. The molecule has 2 aliphatic rings. The van der Waals surface area contributed by atoms with Gasteiger partial charge in [0.05, 0.1) is 0 Å². The van der Waals surface area contributed by atoms with Crippen LogP contribution >= 0.6 is 0 Å². The first-order valence-corrected chi connectivity index (χ1v) is 6.77. The molecule has 0 unspecified atom stereocenters. The van der Waals surface area contributed by atoms with Gasteiger partial charge in [-0.25, -0.2) is 0 Å². The fourth-order valence-electron chi connectivity index (χ4n) is 2.23. The van der Waals surface area contributed by atoms with E-state index in [0.717, 1.165) is 6.54 Å². The van der Waals surface area contributed by atoms with Gasteiger partial charge >= 0.3 is 0 Å². The summed E-state index contributed by atoms with van der Waals surface area (Å²) < 4.78 is 0. The fourth-order valence-corrected chi connectivity index (χ4v) is 2.23. The van der Waals surface area contributed by atoms with Crippen LogP contribution in [0.4, 0.5) is 0 Å². The monoisotopic (exact) mass is 243 g/mol. The summed E-state index contributed by atoms with van der Waals surface area (Å²) in [6, 6.07) is 0. The van der Waals surface area contributed by atoms with E-state index in [9.17, 15) is 0 Å². The molecule has 0 fully saturated rings. The second kappa shape index (κ2) is 4.15. The zero-order chi connectivity index (χ0) is 13.6. The summed E-state index contributed by atoms with van der Waals surface area (Å²) in [6.07, 6.45) is 11.5. The SMILES string of the molecule is CC(C)(C)C1=CCN2C=C(C(C)(C)C)C=CC2=C1. The molecule has 0 saturated heterocycles. The van der Waals surface area contributed by atoms with Crippen LogP contribution in [0.25, 0.3) is 0 Å². The first-order valence-electron chi connectivity index (χ1n) is 6.77. The highest BCUT2D eigenvalue weighted by molar-refractivity contribution is 5.43. The number of nitrogens with zero attached hydrogens (tertiary/aromatic N) is 1. The second-order valence-corrected chi connectivity index (χ2v) is 7.30.